The Kier molecular flexibility index (Phi) is 6.04. The van der Waals surface area contributed by atoms with E-state index in [0.717, 1.165) is 19.3 Å². The molecule has 0 amide bonds. The third kappa shape index (κ3) is 3.73. The largest absolute Gasteiger partial charge is 0.103 e. The summed E-state index contributed by atoms with van der Waals surface area (Å²) < 4.78 is 0. The second-order valence-corrected chi connectivity index (χ2v) is 4.63. The molecule has 0 saturated heterocycles. The zero-order valence-electron chi connectivity index (χ0n) is 11.7. The van der Waals surface area contributed by atoms with Crippen LogP contribution in [-0.4, -0.2) is 0 Å². The van der Waals surface area contributed by atoms with Gasteiger partial charge in [-0.1, -0.05) is 39.0 Å². The summed E-state index contributed by atoms with van der Waals surface area (Å²) in [7, 11) is 0. The molecule has 1 aromatic carbocycles. The predicted molar refractivity (Wildman–Crippen MR) is 77.7 cm³/mol. The van der Waals surface area contributed by atoms with Gasteiger partial charge in [0.25, 0.3) is 0 Å². The van der Waals surface area contributed by atoms with Crippen LogP contribution >= 0.6 is 0 Å². The van der Waals surface area contributed by atoms with Crippen LogP contribution in [0.5, 0.6) is 0 Å². The standard InChI is InChI=1S/C17H26/c1-5-9-10-11-14-12-15(6-2)17(8-4)16(7-3)13-14/h5,12-13H,1,6-11H2,2-4H3. The van der Waals surface area contributed by atoms with Crippen LogP contribution in [0.25, 0.3) is 0 Å². The first kappa shape index (κ1) is 14.0. The summed E-state index contributed by atoms with van der Waals surface area (Å²) in [6.45, 7) is 10.6. The number of hydrogen-bond acceptors (Lipinski definition) is 0. The molecular weight excluding hydrogens is 204 g/mol. The van der Waals surface area contributed by atoms with Gasteiger partial charge in [0.15, 0.2) is 0 Å². The first-order chi connectivity index (χ1) is 8.26. The fourth-order valence-electron chi connectivity index (χ4n) is 2.55. The van der Waals surface area contributed by atoms with E-state index in [-0.39, 0.29) is 0 Å². The van der Waals surface area contributed by atoms with Crippen LogP contribution in [0.1, 0.15) is 55.9 Å². The monoisotopic (exact) mass is 230 g/mol. The van der Waals surface area contributed by atoms with Crippen molar-refractivity contribution >= 4 is 0 Å². The average Bonchev–Trinajstić information content (AvgIpc) is 2.37. The number of rotatable bonds is 7. The molecule has 17 heavy (non-hydrogen) atoms. The molecule has 0 aliphatic rings. The third-order valence-electron chi connectivity index (χ3n) is 3.48. The lowest BCUT2D eigenvalue weighted by atomic mass is 9.91. The van der Waals surface area contributed by atoms with E-state index in [1.54, 1.807) is 16.7 Å². The minimum absolute atomic E-state index is 1.12. The summed E-state index contributed by atoms with van der Waals surface area (Å²) in [4.78, 5) is 0. The second kappa shape index (κ2) is 7.32. The molecular formula is C17H26. The number of benzene rings is 1. The summed E-state index contributed by atoms with van der Waals surface area (Å²) in [5.41, 5.74) is 6.21. The molecule has 94 valence electrons. The van der Waals surface area contributed by atoms with Crippen molar-refractivity contribution in [2.75, 3.05) is 0 Å². The minimum Gasteiger partial charge on any atom is -0.103 e. The molecule has 0 radical (unpaired) electrons. The Hall–Kier alpha value is -1.04. The van der Waals surface area contributed by atoms with Crippen molar-refractivity contribution in [2.45, 2.75) is 59.3 Å². The highest BCUT2D eigenvalue weighted by molar-refractivity contribution is 5.39. The van der Waals surface area contributed by atoms with E-state index in [4.69, 9.17) is 0 Å². The van der Waals surface area contributed by atoms with Crippen LogP contribution < -0.4 is 0 Å². The van der Waals surface area contributed by atoms with Gasteiger partial charge in [-0.3, -0.25) is 0 Å². The van der Waals surface area contributed by atoms with Crippen molar-refractivity contribution in [3.63, 3.8) is 0 Å². The summed E-state index contributed by atoms with van der Waals surface area (Å²) in [5.74, 6) is 0. The topological polar surface area (TPSA) is 0 Å². The summed E-state index contributed by atoms with van der Waals surface area (Å²) in [6.07, 6.45) is 9.04. The maximum atomic E-state index is 3.79. The van der Waals surface area contributed by atoms with Crippen LogP contribution in [0.2, 0.25) is 0 Å². The highest BCUT2D eigenvalue weighted by atomic mass is 14.1. The Morgan fingerprint density at radius 3 is 2.00 bits per heavy atom. The molecule has 0 heteroatoms. The maximum Gasteiger partial charge on any atom is -0.0276 e. The molecule has 1 aromatic rings. The smallest absolute Gasteiger partial charge is 0.0276 e. The van der Waals surface area contributed by atoms with E-state index in [1.807, 2.05) is 6.08 Å². The van der Waals surface area contributed by atoms with Gasteiger partial charge < -0.3 is 0 Å². The molecule has 0 aliphatic heterocycles. The van der Waals surface area contributed by atoms with Crippen molar-refractivity contribution in [3.05, 3.63) is 47.0 Å². The molecule has 0 aliphatic carbocycles. The molecule has 0 bridgehead atoms. The highest BCUT2D eigenvalue weighted by Crippen LogP contribution is 2.21. The molecule has 0 saturated carbocycles. The highest BCUT2D eigenvalue weighted by Gasteiger charge is 2.07. The molecule has 0 spiro atoms. The van der Waals surface area contributed by atoms with E-state index >= 15 is 0 Å². The summed E-state index contributed by atoms with van der Waals surface area (Å²) in [5, 5.41) is 0. The lowest BCUT2D eigenvalue weighted by Crippen LogP contribution is -2.00. The summed E-state index contributed by atoms with van der Waals surface area (Å²) >= 11 is 0. The van der Waals surface area contributed by atoms with Crippen LogP contribution in [0, 0.1) is 0 Å². The second-order valence-electron chi connectivity index (χ2n) is 4.63. The van der Waals surface area contributed by atoms with Gasteiger partial charge in [-0.2, -0.15) is 0 Å². The van der Waals surface area contributed by atoms with E-state index in [9.17, 15) is 0 Å². The molecule has 0 nitrogen and oxygen atoms in total. The van der Waals surface area contributed by atoms with Gasteiger partial charge in [-0.25, -0.2) is 0 Å². The fourth-order valence-corrected chi connectivity index (χ4v) is 2.55. The van der Waals surface area contributed by atoms with Gasteiger partial charge in [0.2, 0.25) is 0 Å². The van der Waals surface area contributed by atoms with Gasteiger partial charge in [-0.05, 0) is 60.8 Å². The minimum atomic E-state index is 1.12. The fraction of sp³-hybridized carbons (Fsp3) is 0.529. The molecule has 0 unspecified atom stereocenters. The van der Waals surface area contributed by atoms with Crippen molar-refractivity contribution < 1.29 is 0 Å². The SMILES string of the molecule is C=CCCCc1cc(CC)c(CC)c(CC)c1. The molecule has 0 heterocycles. The first-order valence-electron chi connectivity index (χ1n) is 7.01. The molecule has 0 fully saturated rings. The van der Waals surface area contributed by atoms with Gasteiger partial charge in [-0.15, -0.1) is 6.58 Å². The number of allylic oxidation sites excluding steroid dienone is 1. The van der Waals surface area contributed by atoms with Crippen LogP contribution in [0.4, 0.5) is 0 Å². The van der Waals surface area contributed by atoms with E-state index in [0.29, 0.717) is 0 Å². The number of hydrogen-bond donors (Lipinski definition) is 0. The summed E-state index contributed by atoms with van der Waals surface area (Å²) in [6, 6.07) is 4.84. The lowest BCUT2D eigenvalue weighted by molar-refractivity contribution is 0.836. The zero-order valence-corrected chi connectivity index (χ0v) is 11.7. The average molecular weight is 230 g/mol. The quantitative estimate of drug-likeness (QED) is 0.462. The normalized spacial score (nSPS) is 10.5. The van der Waals surface area contributed by atoms with E-state index in [1.165, 1.54) is 24.8 Å². The van der Waals surface area contributed by atoms with Crippen molar-refractivity contribution in [2.24, 2.45) is 0 Å². The van der Waals surface area contributed by atoms with Crippen LogP contribution in [-0.2, 0) is 25.7 Å². The number of unbranched alkanes of at least 4 members (excludes halogenated alkanes) is 1. The Morgan fingerprint density at radius 1 is 1.00 bits per heavy atom. The Labute approximate surface area is 107 Å². The molecule has 0 atom stereocenters. The number of aryl methyl sites for hydroxylation is 3. The molecule has 0 N–H and O–H groups in total. The van der Waals surface area contributed by atoms with Crippen molar-refractivity contribution in [3.8, 4) is 0 Å². The molecule has 1 rings (SSSR count). The zero-order chi connectivity index (χ0) is 12.7. The van der Waals surface area contributed by atoms with Gasteiger partial charge in [0.05, 0.1) is 0 Å². The maximum absolute atomic E-state index is 3.79. The Bertz CT molecular complexity index is 335. The molecule has 0 aromatic heterocycles. The van der Waals surface area contributed by atoms with Crippen LogP contribution in [0.15, 0.2) is 24.8 Å². The van der Waals surface area contributed by atoms with Crippen molar-refractivity contribution in [1.29, 1.82) is 0 Å². The van der Waals surface area contributed by atoms with Gasteiger partial charge in [0, 0.05) is 0 Å². The first-order valence-corrected chi connectivity index (χ1v) is 7.01. The van der Waals surface area contributed by atoms with E-state index in [2.05, 4.69) is 39.5 Å². The van der Waals surface area contributed by atoms with Gasteiger partial charge >= 0.3 is 0 Å². The van der Waals surface area contributed by atoms with Crippen LogP contribution in [0.3, 0.4) is 0 Å². The third-order valence-corrected chi connectivity index (χ3v) is 3.48. The Morgan fingerprint density at radius 2 is 1.59 bits per heavy atom. The van der Waals surface area contributed by atoms with Gasteiger partial charge in [0.1, 0.15) is 0 Å². The Balaban J connectivity index is 2.96. The van der Waals surface area contributed by atoms with Crippen molar-refractivity contribution in [1.82, 2.24) is 0 Å². The van der Waals surface area contributed by atoms with E-state index < -0.39 is 0 Å². The lowest BCUT2D eigenvalue weighted by Gasteiger charge is -2.14. The predicted octanol–water partition coefficient (Wildman–Crippen LogP) is 4.88.